The second-order valence-electron chi connectivity index (χ2n) is 6.85. The predicted octanol–water partition coefficient (Wildman–Crippen LogP) is 3.19. The van der Waals surface area contributed by atoms with Gasteiger partial charge in [0.15, 0.2) is 11.5 Å². The van der Waals surface area contributed by atoms with Gasteiger partial charge in [-0.3, -0.25) is 4.79 Å². The molecule has 0 aliphatic rings. The van der Waals surface area contributed by atoms with Gasteiger partial charge >= 0.3 is 5.63 Å². The molecule has 0 radical (unpaired) electrons. The Bertz CT molecular complexity index is 1370. The number of hydrogen-bond acceptors (Lipinski definition) is 6. The molecule has 7 heteroatoms. The van der Waals surface area contributed by atoms with E-state index in [4.69, 9.17) is 13.9 Å². The summed E-state index contributed by atoms with van der Waals surface area (Å²) in [7, 11) is 3.01. The van der Waals surface area contributed by atoms with Crippen LogP contribution in [0.15, 0.2) is 50.5 Å². The van der Waals surface area contributed by atoms with Crippen LogP contribution in [-0.2, 0) is 6.54 Å². The lowest BCUT2D eigenvalue weighted by atomic mass is 10.0. The van der Waals surface area contributed by atoms with Crippen molar-refractivity contribution in [3.05, 3.63) is 74.0 Å². The average Bonchev–Trinajstić information content (AvgIpc) is 2.72. The van der Waals surface area contributed by atoms with Crippen molar-refractivity contribution in [1.82, 2.24) is 9.78 Å². The minimum atomic E-state index is -0.464. The van der Waals surface area contributed by atoms with Crippen LogP contribution in [0.2, 0.25) is 0 Å². The van der Waals surface area contributed by atoms with Crippen LogP contribution in [0.4, 0.5) is 0 Å². The monoisotopic (exact) mass is 392 g/mol. The molecule has 0 atom stereocenters. The third-order valence-corrected chi connectivity index (χ3v) is 5.20. The Morgan fingerprint density at radius 3 is 2.59 bits per heavy atom. The van der Waals surface area contributed by atoms with E-state index in [1.807, 2.05) is 26.0 Å². The zero-order chi connectivity index (χ0) is 20.7. The lowest BCUT2D eigenvalue weighted by molar-refractivity contribution is 0.358. The van der Waals surface area contributed by atoms with E-state index in [9.17, 15) is 9.59 Å². The molecule has 29 heavy (non-hydrogen) atoms. The van der Waals surface area contributed by atoms with Gasteiger partial charge in [-0.2, -0.15) is 5.10 Å². The Balaban J connectivity index is 1.94. The standard InChI is InChI=1S/C22H20N2O5/c1-12-5-7-16-15(9-18(25)29-20(16)13(12)2)11-24-22(26)19-14(10-23-24)6-8-17(27-3)21(19)28-4/h5-10H,11H2,1-4H3. The fourth-order valence-corrected chi connectivity index (χ4v) is 3.51. The van der Waals surface area contributed by atoms with Crippen molar-refractivity contribution in [2.75, 3.05) is 14.2 Å². The maximum absolute atomic E-state index is 13.2. The fraction of sp³-hybridized carbons (Fsp3) is 0.227. The van der Waals surface area contributed by atoms with Crippen molar-refractivity contribution in [2.24, 2.45) is 0 Å². The molecule has 4 aromatic rings. The zero-order valence-electron chi connectivity index (χ0n) is 16.6. The largest absolute Gasteiger partial charge is 0.493 e. The molecule has 2 aromatic heterocycles. The molecule has 4 rings (SSSR count). The highest BCUT2D eigenvalue weighted by molar-refractivity contribution is 5.89. The normalized spacial score (nSPS) is 11.2. The Hall–Kier alpha value is -3.61. The molecule has 0 bridgehead atoms. The third-order valence-electron chi connectivity index (χ3n) is 5.20. The van der Waals surface area contributed by atoms with Gasteiger partial charge in [0.2, 0.25) is 0 Å². The van der Waals surface area contributed by atoms with Gasteiger partial charge in [0.05, 0.1) is 32.3 Å². The highest BCUT2D eigenvalue weighted by atomic mass is 16.5. The van der Waals surface area contributed by atoms with Gasteiger partial charge in [-0.15, -0.1) is 0 Å². The summed E-state index contributed by atoms with van der Waals surface area (Å²) in [5, 5.41) is 6.08. The summed E-state index contributed by atoms with van der Waals surface area (Å²) in [5.74, 6) is 0.821. The third kappa shape index (κ3) is 3.04. The van der Waals surface area contributed by atoms with Crippen LogP contribution in [0.5, 0.6) is 11.5 Å². The van der Waals surface area contributed by atoms with Crippen molar-refractivity contribution < 1.29 is 13.9 Å². The second-order valence-corrected chi connectivity index (χ2v) is 6.85. The highest BCUT2D eigenvalue weighted by Gasteiger charge is 2.16. The number of methoxy groups -OCH3 is 2. The number of benzene rings is 2. The van der Waals surface area contributed by atoms with Gasteiger partial charge in [0.25, 0.3) is 5.56 Å². The van der Waals surface area contributed by atoms with E-state index in [0.29, 0.717) is 33.4 Å². The minimum Gasteiger partial charge on any atom is -0.493 e. The van der Waals surface area contributed by atoms with E-state index in [1.54, 1.807) is 18.3 Å². The van der Waals surface area contributed by atoms with Crippen LogP contribution in [0, 0.1) is 13.8 Å². The molecule has 0 fully saturated rings. The number of nitrogens with zero attached hydrogens (tertiary/aromatic N) is 2. The van der Waals surface area contributed by atoms with Crippen LogP contribution in [0.1, 0.15) is 16.7 Å². The van der Waals surface area contributed by atoms with Crippen molar-refractivity contribution >= 4 is 21.7 Å². The van der Waals surface area contributed by atoms with E-state index < -0.39 is 5.63 Å². The predicted molar refractivity (Wildman–Crippen MR) is 110 cm³/mol. The summed E-state index contributed by atoms with van der Waals surface area (Å²) in [5.41, 5.74) is 2.32. The lowest BCUT2D eigenvalue weighted by Crippen LogP contribution is -2.24. The van der Waals surface area contributed by atoms with Crippen LogP contribution in [0.25, 0.3) is 21.7 Å². The first-order valence-electron chi connectivity index (χ1n) is 9.08. The molecule has 2 aromatic carbocycles. The van der Waals surface area contributed by atoms with Gasteiger partial charge in [0.1, 0.15) is 5.58 Å². The molecule has 0 aliphatic carbocycles. The first kappa shape index (κ1) is 18.7. The van der Waals surface area contributed by atoms with Crippen LogP contribution >= 0.6 is 0 Å². The molecule has 0 saturated heterocycles. The number of hydrogen-bond donors (Lipinski definition) is 0. The quantitative estimate of drug-likeness (QED) is 0.496. The maximum atomic E-state index is 13.2. The molecule has 0 saturated carbocycles. The van der Waals surface area contributed by atoms with E-state index in [2.05, 4.69) is 5.10 Å². The summed E-state index contributed by atoms with van der Waals surface area (Å²) in [6, 6.07) is 8.75. The SMILES string of the molecule is COc1ccc2cnn(Cc3cc(=O)oc4c(C)c(C)ccc34)c(=O)c2c1OC. The van der Waals surface area contributed by atoms with Crippen LogP contribution < -0.4 is 20.7 Å². The topological polar surface area (TPSA) is 83.6 Å². The van der Waals surface area contributed by atoms with Crippen LogP contribution in [-0.4, -0.2) is 24.0 Å². The number of rotatable bonds is 4. The Labute approximate surface area is 166 Å². The summed E-state index contributed by atoms with van der Waals surface area (Å²) < 4.78 is 17.5. The molecular formula is C22H20N2O5. The second kappa shape index (κ2) is 7.09. The zero-order valence-corrected chi connectivity index (χ0v) is 16.6. The van der Waals surface area contributed by atoms with E-state index in [-0.39, 0.29) is 12.1 Å². The molecular weight excluding hydrogens is 372 g/mol. The summed E-state index contributed by atoms with van der Waals surface area (Å²) in [6.07, 6.45) is 1.60. The lowest BCUT2D eigenvalue weighted by Gasteiger charge is -2.13. The fourth-order valence-electron chi connectivity index (χ4n) is 3.51. The molecule has 7 nitrogen and oxygen atoms in total. The summed E-state index contributed by atoms with van der Waals surface area (Å²) in [6.45, 7) is 3.98. The van der Waals surface area contributed by atoms with Crippen molar-refractivity contribution in [1.29, 1.82) is 0 Å². The van der Waals surface area contributed by atoms with Gasteiger partial charge in [-0.05, 0) is 42.7 Å². The van der Waals surface area contributed by atoms with Gasteiger partial charge in [0, 0.05) is 16.8 Å². The maximum Gasteiger partial charge on any atom is 0.336 e. The smallest absolute Gasteiger partial charge is 0.336 e. The summed E-state index contributed by atoms with van der Waals surface area (Å²) >= 11 is 0. The Morgan fingerprint density at radius 1 is 1.07 bits per heavy atom. The molecule has 0 N–H and O–H groups in total. The van der Waals surface area contributed by atoms with Crippen molar-refractivity contribution in [3.63, 3.8) is 0 Å². The molecule has 2 heterocycles. The molecule has 0 amide bonds. The number of fused-ring (bicyclic) bond motifs is 2. The first-order chi connectivity index (χ1) is 13.9. The average molecular weight is 392 g/mol. The van der Waals surface area contributed by atoms with Gasteiger partial charge in [-0.25, -0.2) is 9.48 Å². The molecule has 0 aliphatic heterocycles. The van der Waals surface area contributed by atoms with Gasteiger partial charge in [-0.1, -0.05) is 12.1 Å². The molecule has 0 unspecified atom stereocenters. The first-order valence-corrected chi connectivity index (χ1v) is 9.08. The van der Waals surface area contributed by atoms with Crippen molar-refractivity contribution in [3.8, 4) is 11.5 Å². The number of ether oxygens (including phenoxy) is 2. The van der Waals surface area contributed by atoms with Gasteiger partial charge < -0.3 is 13.9 Å². The number of aryl methyl sites for hydroxylation is 2. The van der Waals surface area contributed by atoms with Crippen molar-refractivity contribution in [2.45, 2.75) is 20.4 Å². The molecule has 148 valence electrons. The minimum absolute atomic E-state index is 0.125. The van der Waals surface area contributed by atoms with E-state index >= 15 is 0 Å². The van der Waals surface area contributed by atoms with E-state index in [0.717, 1.165) is 16.5 Å². The van der Waals surface area contributed by atoms with E-state index in [1.165, 1.54) is 25.0 Å². The summed E-state index contributed by atoms with van der Waals surface area (Å²) in [4.78, 5) is 25.3. The number of aromatic nitrogens is 2. The Morgan fingerprint density at radius 2 is 1.86 bits per heavy atom. The van der Waals surface area contributed by atoms with Crippen LogP contribution in [0.3, 0.4) is 0 Å². The Kier molecular flexibility index (Phi) is 4.58. The highest BCUT2D eigenvalue weighted by Crippen LogP contribution is 2.33. The molecule has 0 spiro atoms.